The van der Waals surface area contributed by atoms with Gasteiger partial charge in [0, 0.05) is 35.0 Å². The Morgan fingerprint density at radius 2 is 1.94 bits per heavy atom. The predicted octanol–water partition coefficient (Wildman–Crippen LogP) is 3.74. The zero-order valence-electron chi connectivity index (χ0n) is 16.8. The number of esters is 1. The molecule has 1 fully saturated rings. The van der Waals surface area contributed by atoms with Gasteiger partial charge in [0.05, 0.1) is 18.1 Å². The number of carbonyl (C=O) groups excluding carboxylic acids is 2. The largest absolute Gasteiger partial charge is 0.468 e. The summed E-state index contributed by atoms with van der Waals surface area (Å²) in [6, 6.07) is 13.6. The molecule has 2 aliphatic rings. The molecule has 0 bridgehead atoms. The normalized spacial score (nSPS) is 22.7. The van der Waals surface area contributed by atoms with Crippen LogP contribution in [0.4, 0.5) is 5.69 Å². The van der Waals surface area contributed by atoms with E-state index in [4.69, 9.17) is 9.15 Å². The van der Waals surface area contributed by atoms with E-state index in [-0.39, 0.29) is 11.6 Å². The highest BCUT2D eigenvalue weighted by Crippen LogP contribution is 2.49. The Bertz CT molecular complexity index is 1220. The highest BCUT2D eigenvalue weighted by Gasteiger charge is 2.51. The Kier molecular flexibility index (Phi) is 4.50. The van der Waals surface area contributed by atoms with Gasteiger partial charge in [-0.25, -0.2) is 0 Å². The van der Waals surface area contributed by atoms with Crippen molar-refractivity contribution in [1.82, 2.24) is 4.90 Å². The first-order valence-electron chi connectivity index (χ1n) is 10.1. The van der Waals surface area contributed by atoms with Crippen LogP contribution in [-0.4, -0.2) is 35.4 Å². The third-order valence-corrected chi connectivity index (χ3v) is 6.43. The van der Waals surface area contributed by atoms with Crippen LogP contribution in [0.15, 0.2) is 52.9 Å². The molecule has 3 aromatic rings. The number of benzene rings is 2. The van der Waals surface area contributed by atoms with Crippen LogP contribution in [-0.2, 0) is 20.7 Å². The average molecular weight is 420 g/mol. The lowest BCUT2D eigenvalue weighted by atomic mass is 9.74. The second-order valence-corrected chi connectivity index (χ2v) is 7.90. The minimum atomic E-state index is -1.13. The molecule has 1 aromatic heterocycles. The molecule has 3 atom stereocenters. The number of methoxy groups -OCH3 is 1. The summed E-state index contributed by atoms with van der Waals surface area (Å²) < 4.78 is 11.1. The molecule has 2 aliphatic heterocycles. The molecule has 1 saturated heterocycles. The van der Waals surface area contributed by atoms with Gasteiger partial charge in [-0.3, -0.25) is 19.7 Å². The van der Waals surface area contributed by atoms with Gasteiger partial charge in [0.15, 0.2) is 0 Å². The molecule has 31 heavy (non-hydrogen) atoms. The number of hydrogen-bond donors (Lipinski definition) is 0. The van der Waals surface area contributed by atoms with E-state index in [2.05, 4.69) is 0 Å². The van der Waals surface area contributed by atoms with Gasteiger partial charge in [-0.15, -0.1) is 0 Å². The second kappa shape index (κ2) is 7.23. The molecule has 0 radical (unpaired) electrons. The van der Waals surface area contributed by atoms with E-state index in [1.807, 2.05) is 24.3 Å². The number of para-hydroxylation sites is 2. The lowest BCUT2D eigenvalue weighted by Gasteiger charge is -2.44. The first-order valence-corrected chi connectivity index (χ1v) is 10.1. The highest BCUT2D eigenvalue weighted by molar-refractivity contribution is 6.00. The molecular weight excluding hydrogens is 400 g/mol. The third-order valence-electron chi connectivity index (χ3n) is 6.43. The second-order valence-electron chi connectivity index (χ2n) is 7.90. The fourth-order valence-corrected chi connectivity index (χ4v) is 5.07. The zero-order chi connectivity index (χ0) is 21.7. The number of hydrogen-bond acceptors (Lipinski definition) is 6. The van der Waals surface area contributed by atoms with Crippen LogP contribution in [0.25, 0.3) is 11.0 Å². The van der Waals surface area contributed by atoms with Gasteiger partial charge in [0.2, 0.25) is 5.91 Å². The van der Waals surface area contributed by atoms with E-state index in [1.54, 1.807) is 23.1 Å². The predicted molar refractivity (Wildman–Crippen MR) is 110 cm³/mol. The van der Waals surface area contributed by atoms with Crippen molar-refractivity contribution in [2.24, 2.45) is 5.92 Å². The number of carbonyl (C=O) groups is 2. The standard InChI is InChI=1S/C23H20N2O6/c1-30-23(27)20-16(13-6-2-4-8-17(13)25(28)29)12-18-21-15(10-11-24(18)22(20)26)14-7-3-5-9-19(14)31-21/h2-9,16,18,20H,10-12H2,1H3/t16-,18-,20-/m0/s1. The van der Waals surface area contributed by atoms with Gasteiger partial charge in [0.1, 0.15) is 17.3 Å². The molecule has 5 rings (SSSR count). The van der Waals surface area contributed by atoms with Crippen LogP contribution in [0.2, 0.25) is 0 Å². The van der Waals surface area contributed by atoms with Crippen molar-refractivity contribution in [3.63, 3.8) is 0 Å². The Labute approximate surface area is 177 Å². The van der Waals surface area contributed by atoms with Crippen LogP contribution in [0.1, 0.15) is 35.3 Å². The summed E-state index contributed by atoms with van der Waals surface area (Å²) in [5.74, 6) is -2.18. The van der Waals surface area contributed by atoms with Gasteiger partial charge >= 0.3 is 5.97 Å². The maximum atomic E-state index is 13.5. The Morgan fingerprint density at radius 1 is 1.19 bits per heavy atom. The van der Waals surface area contributed by atoms with Crippen LogP contribution in [0.3, 0.4) is 0 Å². The molecule has 0 N–H and O–H groups in total. The Morgan fingerprint density at radius 3 is 2.71 bits per heavy atom. The topological polar surface area (TPSA) is 103 Å². The summed E-state index contributed by atoms with van der Waals surface area (Å²) in [7, 11) is 1.23. The number of furan rings is 1. The first kappa shape index (κ1) is 19.3. The van der Waals surface area contributed by atoms with Crippen LogP contribution in [0, 0.1) is 16.0 Å². The van der Waals surface area contributed by atoms with Crippen LogP contribution >= 0.6 is 0 Å². The molecule has 0 spiro atoms. The minimum Gasteiger partial charge on any atom is -0.468 e. The molecule has 0 saturated carbocycles. The van der Waals surface area contributed by atoms with E-state index in [1.165, 1.54) is 13.2 Å². The quantitative estimate of drug-likeness (QED) is 0.277. The van der Waals surface area contributed by atoms with Gasteiger partial charge in [0.25, 0.3) is 5.69 Å². The number of nitro benzene ring substituents is 1. The lowest BCUT2D eigenvalue weighted by molar-refractivity contribution is -0.385. The lowest BCUT2D eigenvalue weighted by Crippen LogP contribution is -2.51. The molecule has 8 nitrogen and oxygen atoms in total. The fourth-order valence-electron chi connectivity index (χ4n) is 5.07. The molecule has 0 unspecified atom stereocenters. The van der Waals surface area contributed by atoms with Crippen molar-refractivity contribution in [2.45, 2.75) is 24.8 Å². The van der Waals surface area contributed by atoms with E-state index < -0.39 is 28.8 Å². The summed E-state index contributed by atoms with van der Waals surface area (Å²) in [4.78, 5) is 39.0. The molecule has 3 heterocycles. The highest BCUT2D eigenvalue weighted by atomic mass is 16.6. The molecule has 0 aliphatic carbocycles. The Balaban J connectivity index is 1.65. The van der Waals surface area contributed by atoms with Crippen molar-refractivity contribution in [3.05, 3.63) is 75.5 Å². The average Bonchev–Trinajstić information content (AvgIpc) is 3.17. The minimum absolute atomic E-state index is 0.108. The summed E-state index contributed by atoms with van der Waals surface area (Å²) in [5, 5.41) is 12.7. The summed E-state index contributed by atoms with van der Waals surface area (Å²) >= 11 is 0. The van der Waals surface area contributed by atoms with Crippen LogP contribution < -0.4 is 0 Å². The maximum Gasteiger partial charge on any atom is 0.318 e. The molecule has 8 heteroatoms. The number of nitrogens with zero attached hydrogens (tertiary/aromatic N) is 2. The number of piperidine rings is 1. The number of ether oxygens (including phenoxy) is 1. The number of fused-ring (bicyclic) bond motifs is 5. The van der Waals surface area contributed by atoms with Crippen molar-refractivity contribution >= 4 is 28.5 Å². The summed E-state index contributed by atoms with van der Waals surface area (Å²) in [6.07, 6.45) is 0.960. The monoisotopic (exact) mass is 420 g/mol. The van der Waals surface area contributed by atoms with Crippen molar-refractivity contribution in [3.8, 4) is 0 Å². The maximum absolute atomic E-state index is 13.5. The van der Waals surface area contributed by atoms with Crippen molar-refractivity contribution in [2.75, 3.05) is 13.7 Å². The number of amides is 1. The molecular formula is C23H20N2O6. The van der Waals surface area contributed by atoms with Gasteiger partial charge in [-0.1, -0.05) is 36.4 Å². The van der Waals surface area contributed by atoms with E-state index in [0.717, 1.165) is 16.5 Å². The molecule has 1 amide bonds. The van der Waals surface area contributed by atoms with E-state index in [9.17, 15) is 19.7 Å². The van der Waals surface area contributed by atoms with Crippen LogP contribution in [0.5, 0.6) is 0 Å². The van der Waals surface area contributed by atoms with Crippen molar-refractivity contribution < 1.29 is 23.7 Å². The first-order chi connectivity index (χ1) is 15.0. The summed E-state index contributed by atoms with van der Waals surface area (Å²) in [6.45, 7) is 0.455. The number of nitro groups is 1. The number of rotatable bonds is 3. The SMILES string of the molecule is COC(=O)[C@@H]1C(=O)N2CCc3c(oc4ccccc34)[C@@H]2C[C@H]1c1ccccc1[N+](=O)[O-]. The molecule has 2 aromatic carbocycles. The van der Waals surface area contributed by atoms with Gasteiger partial charge in [-0.05, 0) is 18.9 Å². The summed E-state index contributed by atoms with van der Waals surface area (Å²) in [5.41, 5.74) is 2.06. The van der Waals surface area contributed by atoms with Gasteiger partial charge < -0.3 is 14.1 Å². The molecule has 158 valence electrons. The fraction of sp³-hybridized carbons (Fsp3) is 0.304. The van der Waals surface area contributed by atoms with E-state index in [0.29, 0.717) is 30.7 Å². The zero-order valence-corrected chi connectivity index (χ0v) is 16.8. The van der Waals surface area contributed by atoms with E-state index >= 15 is 0 Å². The van der Waals surface area contributed by atoms with Gasteiger partial charge in [-0.2, -0.15) is 0 Å². The Hall–Kier alpha value is -3.68. The van der Waals surface area contributed by atoms with Crippen molar-refractivity contribution in [1.29, 1.82) is 0 Å². The third kappa shape index (κ3) is 2.90. The smallest absolute Gasteiger partial charge is 0.318 e.